The Kier molecular flexibility index (Phi) is 7.24. The standard InChI is InChI=1S/C28H30.2ClH.Zr/c1-5-13-23-19(9-1)20-10-2-6-14-24(20)27(23)17-18-28-25-15-7-3-11-21(25)22-12-4-8-16-26(22)28;;;/h1-16,19-28H,17-18H2;2*1H;/q;;;+2/p-2. The summed E-state index contributed by atoms with van der Waals surface area (Å²) in [5.41, 5.74) is 0. The van der Waals surface area contributed by atoms with Crippen molar-refractivity contribution >= 4 is 17.0 Å². The van der Waals surface area contributed by atoms with Crippen molar-refractivity contribution in [3.05, 3.63) is 97.2 Å². The molecule has 0 aromatic heterocycles. The van der Waals surface area contributed by atoms with Gasteiger partial charge < -0.3 is 0 Å². The molecule has 2 saturated carbocycles. The average Bonchev–Trinajstić information content (AvgIpc) is 3.31. The zero-order valence-corrected chi connectivity index (χ0v) is 21.7. The summed E-state index contributed by atoms with van der Waals surface area (Å²) in [5, 5.41) is 0. The van der Waals surface area contributed by atoms with E-state index in [0.29, 0.717) is 23.7 Å². The summed E-state index contributed by atoms with van der Waals surface area (Å²) in [6.45, 7) is 0. The molecular weight excluding hydrogens is 498 g/mol. The summed E-state index contributed by atoms with van der Waals surface area (Å²) in [6, 6.07) is 0. The first kappa shape index (κ1) is 22.2. The Morgan fingerprint density at radius 1 is 0.387 bits per heavy atom. The second-order valence-corrected chi connectivity index (χ2v) is 13.4. The summed E-state index contributed by atoms with van der Waals surface area (Å²) in [4.78, 5) is 0. The Balaban J connectivity index is 0.000000646. The number of rotatable bonds is 3. The average molecular weight is 529 g/mol. The van der Waals surface area contributed by atoms with Gasteiger partial charge in [-0.1, -0.05) is 97.2 Å². The quantitative estimate of drug-likeness (QED) is 0.350. The Morgan fingerprint density at radius 3 is 0.806 bits per heavy atom. The van der Waals surface area contributed by atoms with Crippen LogP contribution in [-0.4, -0.2) is 0 Å². The van der Waals surface area contributed by atoms with E-state index in [1.54, 1.807) is 0 Å². The van der Waals surface area contributed by atoms with Crippen LogP contribution in [-0.2, 0) is 20.8 Å². The van der Waals surface area contributed by atoms with E-state index in [-0.39, 0.29) is 0 Å². The SMILES string of the molecule is C1=CC2C3C=CC=CC3C(CCC3C4C=CC=CC4C4C=CC=CC43)C2C=C1.[Cl][Zr][Cl]. The van der Waals surface area contributed by atoms with E-state index in [9.17, 15) is 0 Å². The molecule has 6 rings (SSSR count). The van der Waals surface area contributed by atoms with Gasteiger partial charge in [-0.15, -0.1) is 0 Å². The zero-order chi connectivity index (χ0) is 21.2. The van der Waals surface area contributed by atoms with Gasteiger partial charge in [-0.3, -0.25) is 0 Å². The number of hydrogen-bond acceptors (Lipinski definition) is 0. The van der Waals surface area contributed by atoms with Crippen molar-refractivity contribution in [3.8, 4) is 0 Å². The molecule has 8 unspecified atom stereocenters. The molecule has 0 spiro atoms. The first-order chi connectivity index (χ1) is 15.3. The minimum absolute atomic E-state index is 0.709. The fourth-order valence-electron chi connectivity index (χ4n) is 7.49. The second-order valence-electron chi connectivity index (χ2n) is 9.67. The van der Waals surface area contributed by atoms with E-state index in [4.69, 9.17) is 17.0 Å². The van der Waals surface area contributed by atoms with Gasteiger partial charge in [-0.2, -0.15) is 0 Å². The van der Waals surface area contributed by atoms with E-state index >= 15 is 0 Å². The number of halogens is 2. The van der Waals surface area contributed by atoms with Crippen molar-refractivity contribution < 1.29 is 20.8 Å². The molecule has 0 aliphatic heterocycles. The van der Waals surface area contributed by atoms with Crippen molar-refractivity contribution in [1.82, 2.24) is 0 Å². The molecule has 3 heteroatoms. The van der Waals surface area contributed by atoms with E-state index in [1.165, 1.54) is 12.8 Å². The van der Waals surface area contributed by atoms with E-state index in [0.717, 1.165) is 35.5 Å². The van der Waals surface area contributed by atoms with Crippen LogP contribution in [0, 0.1) is 59.2 Å². The van der Waals surface area contributed by atoms with Crippen LogP contribution in [0.2, 0.25) is 0 Å². The molecule has 0 N–H and O–H groups in total. The molecule has 0 saturated heterocycles. The van der Waals surface area contributed by atoms with Crippen molar-refractivity contribution in [3.63, 3.8) is 0 Å². The van der Waals surface area contributed by atoms with Gasteiger partial charge in [0.1, 0.15) is 0 Å². The molecule has 0 amide bonds. The van der Waals surface area contributed by atoms with Gasteiger partial charge in [0.25, 0.3) is 0 Å². The van der Waals surface area contributed by atoms with Crippen molar-refractivity contribution in [2.75, 3.05) is 0 Å². The van der Waals surface area contributed by atoms with E-state index < -0.39 is 20.8 Å². The molecule has 6 aliphatic rings. The third kappa shape index (κ3) is 4.21. The Morgan fingerprint density at radius 2 is 0.581 bits per heavy atom. The molecule has 0 radical (unpaired) electrons. The van der Waals surface area contributed by atoms with Crippen LogP contribution in [0.3, 0.4) is 0 Å². The van der Waals surface area contributed by atoms with Crippen molar-refractivity contribution in [1.29, 1.82) is 0 Å². The van der Waals surface area contributed by atoms with Crippen LogP contribution in [0.5, 0.6) is 0 Å². The first-order valence-corrected chi connectivity index (χ1v) is 18.0. The van der Waals surface area contributed by atoms with Gasteiger partial charge in [0, 0.05) is 0 Å². The molecule has 160 valence electrons. The van der Waals surface area contributed by atoms with Crippen LogP contribution in [0.25, 0.3) is 0 Å². The topological polar surface area (TPSA) is 0 Å². The van der Waals surface area contributed by atoms with E-state index in [2.05, 4.69) is 97.2 Å². The van der Waals surface area contributed by atoms with Gasteiger partial charge in [0.15, 0.2) is 0 Å². The molecule has 0 nitrogen and oxygen atoms in total. The predicted molar refractivity (Wildman–Crippen MR) is 129 cm³/mol. The van der Waals surface area contributed by atoms with Crippen molar-refractivity contribution in [2.24, 2.45) is 59.2 Å². The predicted octanol–water partition coefficient (Wildman–Crippen LogP) is 7.84. The number of fused-ring (bicyclic) bond motifs is 6. The Hall–Kier alpha value is -0.617. The molecule has 31 heavy (non-hydrogen) atoms. The molecule has 2 fully saturated rings. The minimum atomic E-state index is -0.826. The monoisotopic (exact) mass is 526 g/mol. The van der Waals surface area contributed by atoms with Gasteiger partial charge in [0.05, 0.1) is 0 Å². The third-order valence-electron chi connectivity index (χ3n) is 8.59. The molecule has 6 aliphatic carbocycles. The van der Waals surface area contributed by atoms with Crippen LogP contribution in [0.4, 0.5) is 0 Å². The van der Waals surface area contributed by atoms with Gasteiger partial charge in [0.2, 0.25) is 0 Å². The van der Waals surface area contributed by atoms with Gasteiger partial charge in [-0.05, 0) is 72.0 Å². The summed E-state index contributed by atoms with van der Waals surface area (Å²) >= 11 is -0.826. The molecule has 0 heterocycles. The van der Waals surface area contributed by atoms with Crippen LogP contribution < -0.4 is 0 Å². The van der Waals surface area contributed by atoms with Gasteiger partial charge in [-0.25, -0.2) is 0 Å². The van der Waals surface area contributed by atoms with Crippen LogP contribution in [0.1, 0.15) is 12.8 Å². The number of allylic oxidation sites excluding steroid dienone is 16. The summed E-state index contributed by atoms with van der Waals surface area (Å²) in [5.74, 6) is 7.32. The summed E-state index contributed by atoms with van der Waals surface area (Å²) in [7, 11) is 9.87. The molecule has 0 bridgehead atoms. The maximum absolute atomic E-state index is 4.93. The summed E-state index contributed by atoms with van der Waals surface area (Å²) < 4.78 is 0. The maximum atomic E-state index is 4.93. The summed E-state index contributed by atoms with van der Waals surface area (Å²) in [6.07, 6.45) is 41.0. The van der Waals surface area contributed by atoms with Crippen molar-refractivity contribution in [2.45, 2.75) is 12.8 Å². The Bertz CT molecular complexity index is 749. The van der Waals surface area contributed by atoms with Crippen LogP contribution >= 0.6 is 17.0 Å². The fraction of sp³-hybridized carbons (Fsp3) is 0.429. The normalized spacial score (nSPS) is 44.3. The molecule has 0 aromatic rings. The molecule has 0 aromatic carbocycles. The first-order valence-electron chi connectivity index (χ1n) is 11.7. The third-order valence-corrected chi connectivity index (χ3v) is 8.59. The Labute approximate surface area is 205 Å². The fourth-order valence-corrected chi connectivity index (χ4v) is 7.49. The van der Waals surface area contributed by atoms with Gasteiger partial charge >= 0.3 is 37.9 Å². The van der Waals surface area contributed by atoms with E-state index in [1.807, 2.05) is 0 Å². The zero-order valence-electron chi connectivity index (χ0n) is 17.7. The number of hydrogen-bond donors (Lipinski definition) is 0. The second kappa shape index (κ2) is 10.1. The molecule has 8 atom stereocenters. The van der Waals surface area contributed by atoms with Crippen LogP contribution in [0.15, 0.2) is 97.2 Å². The molecular formula is C28H30Cl2Zr.